The lowest BCUT2D eigenvalue weighted by Crippen LogP contribution is -2.46. The first-order chi connectivity index (χ1) is 23.8. The highest BCUT2D eigenvalue weighted by Crippen LogP contribution is 2.30. The van der Waals surface area contributed by atoms with E-state index >= 15 is 0 Å². The first-order valence-electron chi connectivity index (χ1n) is 17.5. The zero-order valence-electron chi connectivity index (χ0n) is 30.6. The first-order valence-corrected chi connectivity index (χ1v) is 20.9. The lowest BCUT2D eigenvalue weighted by Gasteiger charge is -2.31. The number of amides is 3. The molecule has 0 aromatic rings. The van der Waals surface area contributed by atoms with Crippen LogP contribution in [0.3, 0.4) is 0 Å². The van der Waals surface area contributed by atoms with Crippen molar-refractivity contribution in [2.24, 2.45) is 16.2 Å². The molecule has 0 aromatic heterocycles. The summed E-state index contributed by atoms with van der Waals surface area (Å²) in [5, 5.41) is 29.0. The Labute approximate surface area is 325 Å². The van der Waals surface area contributed by atoms with Gasteiger partial charge in [-0.05, 0) is 38.5 Å². The van der Waals surface area contributed by atoms with Crippen molar-refractivity contribution in [1.29, 1.82) is 0 Å². The summed E-state index contributed by atoms with van der Waals surface area (Å²) < 4.78 is 27.0. The van der Waals surface area contributed by atoms with Gasteiger partial charge in [-0.15, -0.1) is 0 Å². The van der Waals surface area contributed by atoms with Crippen molar-refractivity contribution in [2.45, 2.75) is 72.3 Å². The van der Waals surface area contributed by atoms with Crippen molar-refractivity contribution >= 4 is 65.5 Å². The summed E-state index contributed by atoms with van der Waals surface area (Å²) in [6, 6.07) is 0. The van der Waals surface area contributed by atoms with Crippen LogP contribution in [0, 0.1) is 16.2 Å². The van der Waals surface area contributed by atoms with Crippen LogP contribution in [-0.4, -0.2) is 142 Å². The highest BCUT2D eigenvalue weighted by molar-refractivity contribution is 9.09. The van der Waals surface area contributed by atoms with Crippen LogP contribution >= 0.6 is 47.8 Å². The predicted octanol–water partition coefficient (Wildman–Crippen LogP) is 3.34. The molecule has 0 fully saturated rings. The van der Waals surface area contributed by atoms with Crippen LogP contribution in [0.2, 0.25) is 0 Å². The average Bonchev–Trinajstić information content (AvgIpc) is 3.07. The number of aliphatic hydroxyl groups excluding tert-OH is 2. The summed E-state index contributed by atoms with van der Waals surface area (Å²) in [6.45, 7) is 12.5. The number of alkyl halides is 3. The van der Waals surface area contributed by atoms with Gasteiger partial charge >= 0.3 is 0 Å². The molecule has 0 spiro atoms. The Kier molecular flexibility index (Phi) is 29.7. The smallest absolute Gasteiger partial charge is 0.226 e. The van der Waals surface area contributed by atoms with Gasteiger partial charge in [0.15, 0.2) is 0 Å². The van der Waals surface area contributed by atoms with Gasteiger partial charge in [-0.2, -0.15) is 0 Å². The number of nitrogens with one attached hydrogen (secondary N) is 3. The molecule has 0 aliphatic rings. The van der Waals surface area contributed by atoms with Crippen LogP contribution in [0.15, 0.2) is 0 Å². The first kappa shape index (κ1) is 49.6. The van der Waals surface area contributed by atoms with Crippen LogP contribution in [0.4, 0.5) is 0 Å². The Morgan fingerprint density at radius 1 is 0.560 bits per heavy atom. The lowest BCUT2D eigenvalue weighted by molar-refractivity contribution is -0.133. The minimum atomic E-state index is -0.864. The summed E-state index contributed by atoms with van der Waals surface area (Å²) in [6.07, 6.45) is 2.78. The molecule has 0 aromatic carbocycles. The highest BCUT2D eigenvalue weighted by Gasteiger charge is 2.35. The fourth-order valence-electron chi connectivity index (χ4n) is 4.57. The predicted molar refractivity (Wildman–Crippen MR) is 205 cm³/mol. The van der Waals surface area contributed by atoms with E-state index in [1.165, 1.54) is 0 Å². The van der Waals surface area contributed by atoms with Gasteiger partial charge in [0.2, 0.25) is 17.7 Å². The molecule has 0 heterocycles. The number of halogens is 3. The summed E-state index contributed by atoms with van der Waals surface area (Å²) in [7, 11) is 0. The molecule has 3 amide bonds. The quantitative estimate of drug-likeness (QED) is 0.0477. The van der Waals surface area contributed by atoms with E-state index in [0.717, 1.165) is 11.8 Å². The van der Waals surface area contributed by atoms with Gasteiger partial charge in [-0.25, -0.2) is 0 Å². The molecular weight excluding hydrogens is 850 g/mol. The van der Waals surface area contributed by atoms with E-state index < -0.39 is 22.3 Å². The van der Waals surface area contributed by atoms with Crippen molar-refractivity contribution in [3.63, 3.8) is 0 Å². The maximum atomic E-state index is 13.3. The van der Waals surface area contributed by atoms with Crippen molar-refractivity contribution in [3.05, 3.63) is 0 Å². The molecule has 3 unspecified atom stereocenters. The van der Waals surface area contributed by atoms with Crippen molar-refractivity contribution in [2.75, 3.05) is 108 Å². The summed E-state index contributed by atoms with van der Waals surface area (Å²) in [5.74, 6) is -0.155. The van der Waals surface area contributed by atoms with Gasteiger partial charge in [-0.3, -0.25) is 14.4 Å². The van der Waals surface area contributed by atoms with E-state index in [1.54, 1.807) is 0 Å². The second-order valence-corrected chi connectivity index (χ2v) is 15.7. The third kappa shape index (κ3) is 23.3. The van der Waals surface area contributed by atoms with Crippen molar-refractivity contribution in [3.8, 4) is 0 Å². The summed E-state index contributed by atoms with van der Waals surface area (Å²) >= 11 is 10.4. The number of hydrogen-bond acceptors (Lipinski definition) is 10. The molecule has 0 aliphatic carbocycles. The summed E-state index contributed by atoms with van der Waals surface area (Å²) in [4.78, 5) is 39.1. The Morgan fingerprint density at radius 3 is 1.36 bits per heavy atom. The molecule has 16 heteroatoms. The number of aliphatic hydroxyl groups is 2. The van der Waals surface area contributed by atoms with Gasteiger partial charge in [0.1, 0.15) is 6.10 Å². The van der Waals surface area contributed by atoms with E-state index in [2.05, 4.69) is 63.7 Å². The number of hydrogen-bond donors (Lipinski definition) is 5. The van der Waals surface area contributed by atoms with Gasteiger partial charge in [0.25, 0.3) is 0 Å². The van der Waals surface area contributed by atoms with Crippen molar-refractivity contribution < 1.29 is 48.3 Å². The average molecular weight is 915 g/mol. The molecule has 296 valence electrons. The SMILES string of the molecule is CC(C)(CCBr)C(=O)NCCC(C)(CCBr)C(=O)NCCC(C)(CCBr)C(=O)NCCCOCCOCCOCCOCCOCC(O)CO. The molecule has 13 nitrogen and oxygen atoms in total. The molecule has 0 rings (SSSR count). The normalized spacial score (nSPS) is 14.8. The fourth-order valence-corrected chi connectivity index (χ4v) is 7.31. The molecule has 0 saturated carbocycles. The van der Waals surface area contributed by atoms with Gasteiger partial charge in [0.05, 0.1) is 66.1 Å². The van der Waals surface area contributed by atoms with Crippen LogP contribution in [0.25, 0.3) is 0 Å². The van der Waals surface area contributed by atoms with E-state index in [1.807, 2.05) is 27.7 Å². The topological polar surface area (TPSA) is 174 Å². The molecule has 0 saturated heterocycles. The zero-order chi connectivity index (χ0) is 37.7. The third-order valence-corrected chi connectivity index (χ3v) is 9.60. The fraction of sp³-hybridized carbons (Fsp3) is 0.912. The van der Waals surface area contributed by atoms with Crippen LogP contribution in [0.1, 0.15) is 66.2 Å². The third-order valence-electron chi connectivity index (χ3n) is 8.41. The Balaban J connectivity index is 4.22. The molecule has 0 bridgehead atoms. The monoisotopic (exact) mass is 911 g/mol. The Morgan fingerprint density at radius 2 is 0.940 bits per heavy atom. The minimum Gasteiger partial charge on any atom is -0.394 e. The van der Waals surface area contributed by atoms with Gasteiger partial charge in [0, 0.05) is 58.5 Å². The zero-order valence-corrected chi connectivity index (χ0v) is 35.4. The van der Waals surface area contributed by atoms with E-state index in [4.69, 9.17) is 33.9 Å². The van der Waals surface area contributed by atoms with E-state index in [9.17, 15) is 14.4 Å². The van der Waals surface area contributed by atoms with Gasteiger partial charge in [-0.1, -0.05) is 75.5 Å². The minimum absolute atomic E-state index is 0.0221. The van der Waals surface area contributed by atoms with Crippen LogP contribution < -0.4 is 16.0 Å². The number of carbonyl (C=O) groups excluding carboxylic acids is 3. The van der Waals surface area contributed by atoms with Crippen molar-refractivity contribution in [1.82, 2.24) is 16.0 Å². The maximum absolute atomic E-state index is 13.3. The highest BCUT2D eigenvalue weighted by atomic mass is 79.9. The van der Waals surface area contributed by atoms with E-state index in [0.29, 0.717) is 122 Å². The number of carbonyl (C=O) groups is 3. The molecule has 5 N–H and O–H groups in total. The van der Waals surface area contributed by atoms with E-state index in [-0.39, 0.29) is 30.9 Å². The van der Waals surface area contributed by atoms with Crippen LogP contribution in [-0.2, 0) is 38.1 Å². The second-order valence-electron chi connectivity index (χ2n) is 13.3. The number of rotatable bonds is 34. The molecular formula is C34H64Br3N3O10. The number of ether oxygens (including phenoxy) is 5. The standard InChI is InChI=1S/C34H64Br3N3O10/c1-32(2,6-11-35)29(43)39-15-9-34(4,8-13-37)31(45)40-16-10-33(3,7-12-36)30(44)38-14-5-17-46-18-19-47-20-21-48-22-23-49-24-25-50-27-28(42)26-41/h28,41-42H,5-27H2,1-4H3,(H,38,44)(H,39,43)(H,40,45). The van der Waals surface area contributed by atoms with Crippen LogP contribution in [0.5, 0.6) is 0 Å². The maximum Gasteiger partial charge on any atom is 0.226 e. The Hall–Kier alpha value is -0.430. The molecule has 50 heavy (non-hydrogen) atoms. The molecule has 0 aliphatic heterocycles. The molecule has 0 radical (unpaired) electrons. The van der Waals surface area contributed by atoms with Gasteiger partial charge < -0.3 is 49.8 Å². The lowest BCUT2D eigenvalue weighted by atomic mass is 9.81. The largest absolute Gasteiger partial charge is 0.394 e. The second kappa shape index (κ2) is 30.0. The summed E-state index contributed by atoms with van der Waals surface area (Å²) in [5.41, 5.74) is -1.80. The molecule has 3 atom stereocenters. The Bertz CT molecular complexity index is 909.